The molecule has 0 radical (unpaired) electrons. The molecule has 25 heavy (non-hydrogen) atoms. The van der Waals surface area contributed by atoms with Crippen molar-refractivity contribution in [2.24, 2.45) is 0 Å². The minimum absolute atomic E-state index is 0.162. The number of rotatable bonds is 5. The molecular formula is C20H19N5. The number of pyridine rings is 1. The Bertz CT molecular complexity index is 1090. The summed E-state index contributed by atoms with van der Waals surface area (Å²) in [4.78, 5) is 4.88. The molecule has 124 valence electrons. The Hall–Kier alpha value is -3.21. The third-order valence-corrected chi connectivity index (χ3v) is 4.63. The number of nitrogens with one attached hydrogen (secondary N) is 2. The SMILES string of the molecule is C=CCC(C=C)c1cc(-c2cn[nH]c2C)nc2ccc3[nH]ncc3c12. The first-order valence-electron chi connectivity index (χ1n) is 8.23. The Labute approximate surface area is 145 Å². The fourth-order valence-electron chi connectivity index (χ4n) is 3.35. The number of aromatic nitrogens is 5. The van der Waals surface area contributed by atoms with Gasteiger partial charge in [-0.25, -0.2) is 4.98 Å². The number of allylic oxidation sites excluding steroid dienone is 2. The number of hydrogen-bond acceptors (Lipinski definition) is 3. The first-order chi connectivity index (χ1) is 12.2. The van der Waals surface area contributed by atoms with Crippen LogP contribution in [0.25, 0.3) is 33.1 Å². The molecule has 0 amide bonds. The normalized spacial score (nSPS) is 12.5. The fourth-order valence-corrected chi connectivity index (χ4v) is 3.35. The van der Waals surface area contributed by atoms with Crippen molar-refractivity contribution in [2.45, 2.75) is 19.3 Å². The molecule has 0 aliphatic heterocycles. The highest BCUT2D eigenvalue weighted by Gasteiger charge is 2.17. The van der Waals surface area contributed by atoms with Gasteiger partial charge in [-0.1, -0.05) is 12.2 Å². The summed E-state index contributed by atoms with van der Waals surface area (Å²) in [6, 6.07) is 6.19. The van der Waals surface area contributed by atoms with E-state index in [0.717, 1.165) is 45.2 Å². The highest BCUT2D eigenvalue weighted by Crippen LogP contribution is 2.36. The van der Waals surface area contributed by atoms with Crippen LogP contribution in [0.15, 0.2) is 55.9 Å². The quantitative estimate of drug-likeness (QED) is 0.523. The average molecular weight is 329 g/mol. The van der Waals surface area contributed by atoms with E-state index in [1.165, 1.54) is 5.56 Å². The molecular weight excluding hydrogens is 310 g/mol. The lowest BCUT2D eigenvalue weighted by Gasteiger charge is -2.16. The summed E-state index contributed by atoms with van der Waals surface area (Å²) in [6.07, 6.45) is 8.40. The van der Waals surface area contributed by atoms with E-state index in [9.17, 15) is 0 Å². The molecule has 2 N–H and O–H groups in total. The lowest BCUT2D eigenvalue weighted by atomic mass is 9.90. The van der Waals surface area contributed by atoms with Gasteiger partial charge in [0.1, 0.15) is 0 Å². The predicted molar refractivity (Wildman–Crippen MR) is 101 cm³/mol. The molecule has 1 unspecified atom stereocenters. The van der Waals surface area contributed by atoms with E-state index in [4.69, 9.17) is 4.98 Å². The number of aromatic amines is 2. The van der Waals surface area contributed by atoms with Gasteiger partial charge in [0.05, 0.1) is 29.1 Å². The lowest BCUT2D eigenvalue weighted by Crippen LogP contribution is -1.99. The second-order valence-electron chi connectivity index (χ2n) is 6.16. The average Bonchev–Trinajstić information content (AvgIpc) is 3.27. The van der Waals surface area contributed by atoms with Gasteiger partial charge in [0.2, 0.25) is 0 Å². The van der Waals surface area contributed by atoms with Gasteiger partial charge in [0.15, 0.2) is 0 Å². The van der Waals surface area contributed by atoms with Crippen molar-refractivity contribution in [3.8, 4) is 11.3 Å². The van der Waals surface area contributed by atoms with Crippen LogP contribution in [0.3, 0.4) is 0 Å². The van der Waals surface area contributed by atoms with E-state index >= 15 is 0 Å². The highest BCUT2D eigenvalue weighted by molar-refractivity contribution is 6.07. The zero-order chi connectivity index (χ0) is 17.4. The molecule has 4 aromatic rings. The highest BCUT2D eigenvalue weighted by atomic mass is 15.1. The Morgan fingerprint density at radius 2 is 2.00 bits per heavy atom. The second kappa shape index (κ2) is 6.02. The molecule has 0 aliphatic rings. The van der Waals surface area contributed by atoms with Gasteiger partial charge in [0.25, 0.3) is 0 Å². The van der Waals surface area contributed by atoms with Gasteiger partial charge in [-0.2, -0.15) is 10.2 Å². The minimum atomic E-state index is 0.162. The van der Waals surface area contributed by atoms with E-state index in [1.807, 2.05) is 43.6 Å². The van der Waals surface area contributed by atoms with Crippen molar-refractivity contribution in [3.05, 3.63) is 67.2 Å². The summed E-state index contributed by atoms with van der Waals surface area (Å²) in [5.41, 5.74) is 6.05. The fraction of sp³-hybridized carbons (Fsp3) is 0.150. The third-order valence-electron chi connectivity index (χ3n) is 4.63. The Morgan fingerprint density at radius 1 is 1.16 bits per heavy atom. The molecule has 1 atom stereocenters. The Kier molecular flexibility index (Phi) is 3.69. The summed E-state index contributed by atoms with van der Waals surface area (Å²) in [5, 5.41) is 16.5. The Morgan fingerprint density at radius 3 is 2.72 bits per heavy atom. The summed E-state index contributed by atoms with van der Waals surface area (Å²) < 4.78 is 0. The van der Waals surface area contributed by atoms with E-state index in [2.05, 4.69) is 39.6 Å². The molecule has 4 rings (SSSR count). The van der Waals surface area contributed by atoms with Crippen LogP contribution in [-0.2, 0) is 0 Å². The molecule has 3 heterocycles. The van der Waals surface area contributed by atoms with Gasteiger partial charge >= 0.3 is 0 Å². The summed E-state index contributed by atoms with van der Waals surface area (Å²) in [6.45, 7) is 9.93. The number of nitrogens with zero attached hydrogens (tertiary/aromatic N) is 3. The second-order valence-corrected chi connectivity index (χ2v) is 6.16. The van der Waals surface area contributed by atoms with Crippen LogP contribution in [0.5, 0.6) is 0 Å². The number of aryl methyl sites for hydroxylation is 1. The van der Waals surface area contributed by atoms with Crippen molar-refractivity contribution in [1.29, 1.82) is 0 Å². The molecule has 5 nitrogen and oxygen atoms in total. The van der Waals surface area contributed by atoms with E-state index in [1.54, 1.807) is 0 Å². The standard InChI is InChI=1S/C20H19N5/c1-4-6-13(5-2)14-9-19(15-10-21-24-12(15)3)23-18-8-7-17-16(20(14)18)11-22-25-17/h4-5,7-11,13H,1-2,6H2,3H3,(H,21,24)(H,22,25). The van der Waals surface area contributed by atoms with E-state index in [0.29, 0.717) is 0 Å². The molecule has 0 bridgehead atoms. The molecule has 0 saturated heterocycles. The van der Waals surface area contributed by atoms with Gasteiger partial charge < -0.3 is 0 Å². The zero-order valence-electron chi connectivity index (χ0n) is 14.1. The number of H-pyrrole nitrogens is 2. The lowest BCUT2D eigenvalue weighted by molar-refractivity contribution is 0.876. The molecule has 0 spiro atoms. The molecule has 1 aromatic carbocycles. The number of benzene rings is 1. The summed E-state index contributed by atoms with van der Waals surface area (Å²) in [5.74, 6) is 0.162. The van der Waals surface area contributed by atoms with Crippen LogP contribution in [0, 0.1) is 6.92 Å². The van der Waals surface area contributed by atoms with Gasteiger partial charge in [-0.3, -0.25) is 10.2 Å². The van der Waals surface area contributed by atoms with Crippen LogP contribution in [0.4, 0.5) is 0 Å². The smallest absolute Gasteiger partial charge is 0.0746 e. The number of fused-ring (bicyclic) bond motifs is 3. The largest absolute Gasteiger partial charge is 0.282 e. The Balaban J connectivity index is 2.09. The van der Waals surface area contributed by atoms with Crippen LogP contribution in [-0.4, -0.2) is 25.4 Å². The third kappa shape index (κ3) is 2.45. The maximum absolute atomic E-state index is 4.88. The first-order valence-corrected chi connectivity index (χ1v) is 8.23. The monoisotopic (exact) mass is 329 g/mol. The summed E-state index contributed by atoms with van der Waals surface area (Å²) >= 11 is 0. The number of hydrogen-bond donors (Lipinski definition) is 2. The maximum Gasteiger partial charge on any atom is 0.0746 e. The maximum atomic E-state index is 4.88. The molecule has 0 fully saturated rings. The van der Waals surface area contributed by atoms with Crippen molar-refractivity contribution in [2.75, 3.05) is 0 Å². The minimum Gasteiger partial charge on any atom is -0.282 e. The molecule has 5 heteroatoms. The van der Waals surface area contributed by atoms with Gasteiger partial charge in [-0.15, -0.1) is 13.2 Å². The first kappa shape index (κ1) is 15.3. The molecule has 0 aliphatic carbocycles. The molecule has 0 saturated carbocycles. The van der Waals surface area contributed by atoms with Gasteiger partial charge in [0, 0.05) is 27.9 Å². The topological polar surface area (TPSA) is 70.2 Å². The van der Waals surface area contributed by atoms with Crippen molar-refractivity contribution in [1.82, 2.24) is 25.4 Å². The van der Waals surface area contributed by atoms with Crippen LogP contribution < -0.4 is 0 Å². The van der Waals surface area contributed by atoms with Crippen LogP contribution in [0.1, 0.15) is 23.6 Å². The van der Waals surface area contributed by atoms with E-state index < -0.39 is 0 Å². The van der Waals surface area contributed by atoms with Crippen LogP contribution >= 0.6 is 0 Å². The predicted octanol–water partition coefficient (Wildman–Crippen LogP) is 4.66. The van der Waals surface area contributed by atoms with E-state index in [-0.39, 0.29) is 5.92 Å². The van der Waals surface area contributed by atoms with Crippen molar-refractivity contribution in [3.63, 3.8) is 0 Å². The van der Waals surface area contributed by atoms with Gasteiger partial charge in [-0.05, 0) is 37.1 Å². The zero-order valence-corrected chi connectivity index (χ0v) is 14.1. The van der Waals surface area contributed by atoms with Crippen LogP contribution in [0.2, 0.25) is 0 Å². The summed E-state index contributed by atoms with van der Waals surface area (Å²) in [7, 11) is 0. The van der Waals surface area contributed by atoms with Crippen molar-refractivity contribution >= 4 is 21.8 Å². The van der Waals surface area contributed by atoms with Crippen molar-refractivity contribution < 1.29 is 0 Å². The molecule has 3 aromatic heterocycles.